The highest BCUT2D eigenvalue weighted by molar-refractivity contribution is 6.62. The Labute approximate surface area is 122 Å². The zero-order valence-electron chi connectivity index (χ0n) is 13.3. The molecule has 3 nitrogen and oxygen atoms in total. The van der Waals surface area contributed by atoms with E-state index < -0.39 is 6.10 Å². The summed E-state index contributed by atoms with van der Waals surface area (Å²) in [4.78, 5) is 0. The first-order valence-electron chi connectivity index (χ1n) is 7.27. The molecule has 1 aliphatic rings. The van der Waals surface area contributed by atoms with Crippen LogP contribution in [-0.2, 0) is 9.31 Å². The largest absolute Gasteiger partial charge is 0.494 e. The van der Waals surface area contributed by atoms with Gasteiger partial charge in [0.2, 0.25) is 0 Å². The Morgan fingerprint density at radius 3 is 1.80 bits per heavy atom. The van der Waals surface area contributed by atoms with Crippen molar-refractivity contribution >= 4 is 12.6 Å². The normalized spacial score (nSPS) is 22.3. The maximum absolute atomic E-state index is 10.1. The molecule has 0 radical (unpaired) electrons. The molecule has 1 atom stereocenters. The predicted octanol–water partition coefficient (Wildman–Crippen LogP) is 2.68. The summed E-state index contributed by atoms with van der Waals surface area (Å²) in [7, 11) is -0.342. The van der Waals surface area contributed by atoms with Crippen molar-refractivity contribution < 1.29 is 14.4 Å². The zero-order valence-corrected chi connectivity index (χ0v) is 13.3. The molecule has 1 aromatic rings. The smallest absolute Gasteiger partial charge is 0.399 e. The minimum Gasteiger partial charge on any atom is -0.399 e. The van der Waals surface area contributed by atoms with Gasteiger partial charge in [0.25, 0.3) is 0 Å². The van der Waals surface area contributed by atoms with E-state index >= 15 is 0 Å². The number of rotatable bonds is 3. The van der Waals surface area contributed by atoms with Crippen molar-refractivity contribution in [3.8, 4) is 0 Å². The van der Waals surface area contributed by atoms with Gasteiger partial charge in [0.05, 0.1) is 17.3 Å². The van der Waals surface area contributed by atoms with Crippen LogP contribution in [-0.4, -0.2) is 23.4 Å². The summed E-state index contributed by atoms with van der Waals surface area (Å²) in [6, 6.07) is 7.85. The molecule has 1 fully saturated rings. The third-order valence-electron chi connectivity index (χ3n) is 4.43. The maximum Gasteiger partial charge on any atom is 0.494 e. The molecule has 2 rings (SSSR count). The molecule has 1 N–H and O–H groups in total. The van der Waals surface area contributed by atoms with E-state index in [1.54, 1.807) is 0 Å². The lowest BCUT2D eigenvalue weighted by atomic mass is 9.78. The molecule has 1 aliphatic heterocycles. The third-order valence-corrected chi connectivity index (χ3v) is 4.43. The van der Waals surface area contributed by atoms with Crippen LogP contribution in [0.4, 0.5) is 0 Å². The molecular weight excluding hydrogens is 251 g/mol. The summed E-state index contributed by atoms with van der Waals surface area (Å²) in [6.45, 7) is 12.2. The van der Waals surface area contributed by atoms with E-state index in [1.807, 2.05) is 65.8 Å². The number of aliphatic hydroxyl groups excluding tert-OH is 1. The van der Waals surface area contributed by atoms with Crippen LogP contribution in [0.3, 0.4) is 0 Å². The van der Waals surface area contributed by atoms with E-state index in [-0.39, 0.29) is 24.2 Å². The molecule has 1 saturated heterocycles. The molecular formula is C16H25BO3. The fourth-order valence-corrected chi connectivity index (χ4v) is 2.21. The van der Waals surface area contributed by atoms with Gasteiger partial charge in [-0.25, -0.2) is 0 Å². The van der Waals surface area contributed by atoms with Crippen LogP contribution in [0.25, 0.3) is 0 Å². The van der Waals surface area contributed by atoms with Gasteiger partial charge in [0.15, 0.2) is 0 Å². The minimum atomic E-state index is -0.428. The first kappa shape index (κ1) is 15.6. The monoisotopic (exact) mass is 276 g/mol. The van der Waals surface area contributed by atoms with Crippen LogP contribution in [0.2, 0.25) is 0 Å². The van der Waals surface area contributed by atoms with Gasteiger partial charge in [-0.2, -0.15) is 0 Å². The van der Waals surface area contributed by atoms with Crippen molar-refractivity contribution in [1.82, 2.24) is 0 Å². The second-order valence-corrected chi connectivity index (χ2v) is 6.94. The lowest BCUT2D eigenvalue weighted by molar-refractivity contribution is 0.00578. The summed E-state index contributed by atoms with van der Waals surface area (Å²) in [5.41, 5.74) is 1.27. The maximum atomic E-state index is 10.1. The molecule has 0 saturated carbocycles. The van der Waals surface area contributed by atoms with Crippen LogP contribution >= 0.6 is 0 Å². The summed E-state index contributed by atoms with van der Waals surface area (Å²) in [5, 5.41) is 10.1. The zero-order chi connectivity index (χ0) is 15.1. The molecule has 20 heavy (non-hydrogen) atoms. The average molecular weight is 276 g/mol. The Hall–Kier alpha value is -0.835. The van der Waals surface area contributed by atoms with Gasteiger partial charge >= 0.3 is 7.12 Å². The number of benzene rings is 1. The molecule has 0 aromatic heterocycles. The SMILES string of the molecule is CC(C)C(O)c1ccc(B2OC(C)(C)C(C)(C)O2)cc1. The van der Waals surface area contributed by atoms with Gasteiger partial charge in [-0.3, -0.25) is 0 Å². The Balaban J connectivity index is 2.16. The summed E-state index contributed by atoms with van der Waals surface area (Å²) >= 11 is 0. The highest BCUT2D eigenvalue weighted by Crippen LogP contribution is 2.36. The van der Waals surface area contributed by atoms with Crippen molar-refractivity contribution in [3.05, 3.63) is 29.8 Å². The highest BCUT2D eigenvalue weighted by atomic mass is 16.7. The van der Waals surface area contributed by atoms with Crippen molar-refractivity contribution in [3.63, 3.8) is 0 Å². The summed E-state index contributed by atoms with van der Waals surface area (Å²) < 4.78 is 12.0. The molecule has 0 spiro atoms. The van der Waals surface area contributed by atoms with Crippen molar-refractivity contribution in [2.24, 2.45) is 5.92 Å². The van der Waals surface area contributed by atoms with Gasteiger partial charge in [0.1, 0.15) is 0 Å². The van der Waals surface area contributed by atoms with Gasteiger partial charge < -0.3 is 14.4 Å². The predicted molar refractivity (Wildman–Crippen MR) is 82.0 cm³/mol. The van der Waals surface area contributed by atoms with Crippen LogP contribution in [0.1, 0.15) is 53.2 Å². The molecule has 0 bridgehead atoms. The fraction of sp³-hybridized carbons (Fsp3) is 0.625. The Morgan fingerprint density at radius 2 is 1.40 bits per heavy atom. The van der Waals surface area contributed by atoms with Crippen LogP contribution < -0.4 is 5.46 Å². The first-order chi connectivity index (χ1) is 9.14. The molecule has 0 aliphatic carbocycles. The van der Waals surface area contributed by atoms with Crippen molar-refractivity contribution in [2.75, 3.05) is 0 Å². The molecule has 1 unspecified atom stereocenters. The summed E-state index contributed by atoms with van der Waals surface area (Å²) in [6.07, 6.45) is -0.428. The number of hydrogen-bond acceptors (Lipinski definition) is 3. The van der Waals surface area contributed by atoms with E-state index in [9.17, 15) is 5.11 Å². The second kappa shape index (κ2) is 5.17. The standard InChI is InChI=1S/C16H25BO3/c1-11(2)14(18)12-7-9-13(10-8-12)17-19-15(3,4)16(5,6)20-17/h7-11,14,18H,1-6H3. The van der Waals surface area contributed by atoms with Crippen LogP contribution in [0.5, 0.6) is 0 Å². The average Bonchev–Trinajstić information content (AvgIpc) is 2.57. The van der Waals surface area contributed by atoms with E-state index in [0.29, 0.717) is 0 Å². The molecule has 4 heteroatoms. The second-order valence-electron chi connectivity index (χ2n) is 6.94. The van der Waals surface area contributed by atoms with E-state index in [2.05, 4.69) is 0 Å². The van der Waals surface area contributed by atoms with Gasteiger partial charge in [0, 0.05) is 0 Å². The topological polar surface area (TPSA) is 38.7 Å². The van der Waals surface area contributed by atoms with Gasteiger partial charge in [-0.05, 0) is 44.6 Å². The molecule has 110 valence electrons. The van der Waals surface area contributed by atoms with E-state index in [0.717, 1.165) is 11.0 Å². The van der Waals surface area contributed by atoms with Gasteiger partial charge in [-0.1, -0.05) is 38.1 Å². The molecule has 1 aromatic carbocycles. The molecule has 0 amide bonds. The Bertz CT molecular complexity index is 449. The lowest BCUT2D eigenvalue weighted by Gasteiger charge is -2.32. The van der Waals surface area contributed by atoms with E-state index in [4.69, 9.17) is 9.31 Å². The van der Waals surface area contributed by atoms with Crippen LogP contribution in [0, 0.1) is 5.92 Å². The number of aliphatic hydroxyl groups is 1. The Kier molecular flexibility index (Phi) is 4.02. The van der Waals surface area contributed by atoms with Crippen LogP contribution in [0.15, 0.2) is 24.3 Å². The van der Waals surface area contributed by atoms with Crippen molar-refractivity contribution in [2.45, 2.75) is 58.8 Å². The fourth-order valence-electron chi connectivity index (χ4n) is 2.21. The minimum absolute atomic E-state index is 0.206. The first-order valence-corrected chi connectivity index (χ1v) is 7.27. The highest BCUT2D eigenvalue weighted by Gasteiger charge is 2.51. The van der Waals surface area contributed by atoms with E-state index in [1.165, 1.54) is 0 Å². The lowest BCUT2D eigenvalue weighted by Crippen LogP contribution is -2.41. The number of hydrogen-bond donors (Lipinski definition) is 1. The van der Waals surface area contributed by atoms with Crippen molar-refractivity contribution in [1.29, 1.82) is 0 Å². The summed E-state index contributed by atoms with van der Waals surface area (Å²) in [5.74, 6) is 0.206. The third kappa shape index (κ3) is 2.78. The Morgan fingerprint density at radius 1 is 0.950 bits per heavy atom. The molecule has 1 heterocycles. The van der Waals surface area contributed by atoms with Gasteiger partial charge in [-0.15, -0.1) is 0 Å². The quantitative estimate of drug-likeness (QED) is 0.863.